The first-order valence-corrected chi connectivity index (χ1v) is 12.1. The van der Waals surface area contributed by atoms with Crippen LogP contribution in [0.15, 0.2) is 36.4 Å². The van der Waals surface area contributed by atoms with Gasteiger partial charge in [-0.2, -0.15) is 0 Å². The normalized spacial score (nSPS) is 18.8. The Morgan fingerprint density at radius 2 is 1.94 bits per heavy atom. The molecule has 33 heavy (non-hydrogen) atoms. The van der Waals surface area contributed by atoms with Gasteiger partial charge in [-0.15, -0.1) is 0 Å². The smallest absolute Gasteiger partial charge is 0.145 e. The van der Waals surface area contributed by atoms with Crippen molar-refractivity contribution in [3.05, 3.63) is 74.6 Å². The third kappa shape index (κ3) is 4.51. The SMILES string of the molecule is Cc1cc(C)c(/C=c2\[nH]/c(=c3\[nH]c4ccccc4\c3=C\CC3CCCN3)cc2OC(C)C)[nH]1. The Morgan fingerprint density at radius 3 is 2.67 bits per heavy atom. The summed E-state index contributed by atoms with van der Waals surface area (Å²) >= 11 is 0. The second-order valence-corrected chi connectivity index (χ2v) is 9.51. The number of aromatic amines is 3. The molecule has 1 aliphatic rings. The minimum Gasteiger partial charge on any atom is -0.489 e. The predicted molar refractivity (Wildman–Crippen MR) is 136 cm³/mol. The van der Waals surface area contributed by atoms with Crippen molar-refractivity contribution in [3.8, 4) is 5.75 Å². The second-order valence-electron chi connectivity index (χ2n) is 9.51. The van der Waals surface area contributed by atoms with Crippen LogP contribution in [-0.4, -0.2) is 33.6 Å². The lowest BCUT2D eigenvalue weighted by atomic mass is 10.1. The van der Waals surface area contributed by atoms with E-state index in [4.69, 9.17) is 4.74 Å². The molecule has 0 aliphatic carbocycles. The van der Waals surface area contributed by atoms with Crippen LogP contribution in [0.5, 0.6) is 5.75 Å². The highest BCUT2D eigenvalue weighted by Crippen LogP contribution is 2.14. The molecule has 0 radical (unpaired) electrons. The number of aromatic nitrogens is 3. The largest absolute Gasteiger partial charge is 0.489 e. The highest BCUT2D eigenvalue weighted by atomic mass is 16.5. The van der Waals surface area contributed by atoms with E-state index < -0.39 is 0 Å². The third-order valence-corrected chi connectivity index (χ3v) is 6.44. The monoisotopic (exact) mass is 442 g/mol. The van der Waals surface area contributed by atoms with E-state index in [9.17, 15) is 0 Å². The van der Waals surface area contributed by atoms with Crippen LogP contribution in [0.2, 0.25) is 0 Å². The van der Waals surface area contributed by atoms with Crippen molar-refractivity contribution in [1.29, 1.82) is 0 Å². The van der Waals surface area contributed by atoms with Crippen LogP contribution in [-0.2, 0) is 0 Å². The fourth-order valence-corrected chi connectivity index (χ4v) is 4.89. The molecule has 1 saturated heterocycles. The van der Waals surface area contributed by atoms with E-state index in [0.717, 1.165) is 51.7 Å². The Hall–Kier alpha value is -3.18. The van der Waals surface area contributed by atoms with Crippen LogP contribution >= 0.6 is 0 Å². The molecule has 5 heteroatoms. The molecule has 1 aliphatic heterocycles. The molecule has 0 amide bonds. The number of fused-ring (bicyclic) bond motifs is 1. The van der Waals surface area contributed by atoms with Gasteiger partial charge in [0.1, 0.15) is 5.75 Å². The number of aryl methyl sites for hydroxylation is 2. The predicted octanol–water partition coefficient (Wildman–Crippen LogP) is 4.27. The van der Waals surface area contributed by atoms with Gasteiger partial charge in [-0.1, -0.05) is 24.3 Å². The van der Waals surface area contributed by atoms with E-state index in [1.54, 1.807) is 0 Å². The van der Waals surface area contributed by atoms with Crippen molar-refractivity contribution >= 4 is 23.1 Å². The van der Waals surface area contributed by atoms with Gasteiger partial charge in [-0.25, -0.2) is 0 Å². The lowest BCUT2D eigenvalue weighted by Gasteiger charge is -2.06. The van der Waals surface area contributed by atoms with Gasteiger partial charge in [0.25, 0.3) is 0 Å². The van der Waals surface area contributed by atoms with Crippen LogP contribution in [0.4, 0.5) is 0 Å². The molecule has 0 bridgehead atoms. The Morgan fingerprint density at radius 1 is 1.09 bits per heavy atom. The Balaban J connectivity index is 1.76. The summed E-state index contributed by atoms with van der Waals surface area (Å²) in [5.41, 5.74) is 4.64. The number of rotatable bonds is 5. The lowest BCUT2D eigenvalue weighted by molar-refractivity contribution is 0.240. The van der Waals surface area contributed by atoms with Crippen molar-refractivity contribution in [2.45, 2.75) is 59.1 Å². The van der Waals surface area contributed by atoms with Gasteiger partial charge in [-0.3, -0.25) is 0 Å². The molecule has 5 nitrogen and oxygen atoms in total. The van der Waals surface area contributed by atoms with Crippen molar-refractivity contribution in [2.75, 3.05) is 6.54 Å². The van der Waals surface area contributed by atoms with Gasteiger partial charge in [0.2, 0.25) is 0 Å². The van der Waals surface area contributed by atoms with Crippen molar-refractivity contribution in [2.24, 2.45) is 0 Å². The minimum absolute atomic E-state index is 0.0921. The molecule has 5 rings (SSSR count). The van der Waals surface area contributed by atoms with Crippen LogP contribution in [0, 0.1) is 24.5 Å². The third-order valence-electron chi connectivity index (χ3n) is 6.44. The maximum atomic E-state index is 6.21. The number of nitrogens with one attached hydrogen (secondary N) is 4. The second kappa shape index (κ2) is 8.99. The van der Waals surface area contributed by atoms with E-state index in [-0.39, 0.29) is 6.10 Å². The fourth-order valence-electron chi connectivity index (χ4n) is 4.89. The van der Waals surface area contributed by atoms with Crippen molar-refractivity contribution < 1.29 is 4.74 Å². The van der Waals surface area contributed by atoms with Gasteiger partial charge >= 0.3 is 0 Å². The topological polar surface area (TPSA) is 68.6 Å². The Bertz CT molecular complexity index is 1480. The molecule has 1 fully saturated rings. The summed E-state index contributed by atoms with van der Waals surface area (Å²) < 4.78 is 6.21. The quantitative estimate of drug-likeness (QED) is 0.373. The molecule has 1 atom stereocenters. The summed E-state index contributed by atoms with van der Waals surface area (Å²) in [6.45, 7) is 9.48. The molecular formula is C28H34N4O. The van der Waals surface area contributed by atoms with Gasteiger partial charge in [0, 0.05) is 39.6 Å². The van der Waals surface area contributed by atoms with E-state index >= 15 is 0 Å². The van der Waals surface area contributed by atoms with Gasteiger partial charge < -0.3 is 25.0 Å². The zero-order valence-electron chi connectivity index (χ0n) is 20.0. The van der Waals surface area contributed by atoms with Crippen LogP contribution < -0.4 is 20.6 Å². The van der Waals surface area contributed by atoms with E-state index in [1.807, 2.05) is 0 Å². The zero-order valence-corrected chi connectivity index (χ0v) is 20.0. The van der Waals surface area contributed by atoms with Crippen LogP contribution in [0.3, 0.4) is 0 Å². The molecule has 1 aromatic carbocycles. The summed E-state index contributed by atoms with van der Waals surface area (Å²) in [5.74, 6) is 0.869. The van der Waals surface area contributed by atoms with Gasteiger partial charge in [0.15, 0.2) is 0 Å². The van der Waals surface area contributed by atoms with E-state index in [1.165, 1.54) is 29.0 Å². The molecule has 4 aromatic rings. The molecule has 0 spiro atoms. The highest BCUT2D eigenvalue weighted by molar-refractivity contribution is 5.80. The molecular weight excluding hydrogens is 408 g/mol. The first kappa shape index (κ1) is 21.7. The maximum absolute atomic E-state index is 6.21. The molecule has 1 unspecified atom stereocenters. The minimum atomic E-state index is 0.0921. The van der Waals surface area contributed by atoms with Gasteiger partial charge in [-0.05, 0) is 77.3 Å². The average Bonchev–Trinajstić information content (AvgIpc) is 3.54. The van der Waals surface area contributed by atoms with Crippen LogP contribution in [0.25, 0.3) is 23.1 Å². The number of hydrogen-bond donors (Lipinski definition) is 4. The summed E-state index contributed by atoms with van der Waals surface area (Å²) in [6, 6.07) is 13.4. The number of para-hydroxylation sites is 1. The zero-order chi connectivity index (χ0) is 22.9. The maximum Gasteiger partial charge on any atom is 0.145 e. The summed E-state index contributed by atoms with van der Waals surface area (Å²) in [5, 5.41) is 9.27. The summed E-state index contributed by atoms with van der Waals surface area (Å²) in [7, 11) is 0. The van der Waals surface area contributed by atoms with Crippen LogP contribution in [0.1, 0.15) is 50.1 Å². The highest BCUT2D eigenvalue weighted by Gasteiger charge is 2.13. The van der Waals surface area contributed by atoms with Crippen molar-refractivity contribution in [1.82, 2.24) is 20.3 Å². The molecule has 0 saturated carbocycles. The summed E-state index contributed by atoms with van der Waals surface area (Å²) in [4.78, 5) is 10.8. The lowest BCUT2D eigenvalue weighted by Crippen LogP contribution is -2.21. The number of ether oxygens (including phenoxy) is 1. The van der Waals surface area contributed by atoms with E-state index in [0.29, 0.717) is 6.04 Å². The molecule has 4 N–H and O–H groups in total. The fraction of sp³-hybridized carbons (Fsp3) is 0.357. The first-order valence-electron chi connectivity index (χ1n) is 12.1. The molecule has 4 heterocycles. The first-order chi connectivity index (χ1) is 16.0. The molecule has 3 aromatic heterocycles. The van der Waals surface area contributed by atoms with E-state index in [2.05, 4.69) is 96.5 Å². The van der Waals surface area contributed by atoms with Gasteiger partial charge in [0.05, 0.1) is 22.2 Å². The number of benzene rings is 1. The average molecular weight is 443 g/mol. The Labute approximate surface area is 194 Å². The number of hydrogen-bond acceptors (Lipinski definition) is 2. The summed E-state index contributed by atoms with van der Waals surface area (Å²) in [6.07, 6.45) is 8.18. The Kier molecular flexibility index (Phi) is 5.90. The number of H-pyrrole nitrogens is 3. The van der Waals surface area contributed by atoms with Crippen molar-refractivity contribution in [3.63, 3.8) is 0 Å². The molecule has 172 valence electrons. The standard InChI is InChI=1S/C28H34N4O/c1-17(2)33-27-16-26(31-25(27)15-24-18(3)14-19(4)30-24)28-22(12-11-20-8-7-13-29-20)21-9-5-6-10-23(21)32-28/h5-6,9-10,12,14-17,20,29-32H,7-8,11,13H2,1-4H3/b22-12-,25-15-,28-26-.